The van der Waals surface area contributed by atoms with Gasteiger partial charge in [-0.25, -0.2) is 8.42 Å². The lowest BCUT2D eigenvalue weighted by molar-refractivity contribution is -0.117. The number of aryl methyl sites for hydroxylation is 1. The van der Waals surface area contributed by atoms with Gasteiger partial charge in [-0.15, -0.1) is 0 Å². The van der Waals surface area contributed by atoms with E-state index in [2.05, 4.69) is 4.37 Å². The standard InChI is InChI=1S/C8H9ClN2O3S2/c1-5-2-8(15-10-5)11-4-6(3-7(11)12)16(9,13)14/h2,6H,3-4H2,1H3. The summed E-state index contributed by atoms with van der Waals surface area (Å²) in [6.07, 6.45) is -0.0528. The number of aromatic nitrogens is 1. The molecule has 1 fully saturated rings. The van der Waals surface area contributed by atoms with Gasteiger partial charge in [0.05, 0.1) is 5.69 Å². The second-order valence-corrected chi connectivity index (χ2v) is 7.30. The van der Waals surface area contributed by atoms with Crippen LogP contribution in [0, 0.1) is 6.92 Å². The predicted molar refractivity (Wildman–Crippen MR) is 62.4 cm³/mol. The van der Waals surface area contributed by atoms with E-state index in [1.807, 2.05) is 6.92 Å². The van der Waals surface area contributed by atoms with Gasteiger partial charge in [0.1, 0.15) is 10.3 Å². The van der Waals surface area contributed by atoms with Crippen LogP contribution in [0.3, 0.4) is 0 Å². The van der Waals surface area contributed by atoms with Crippen molar-refractivity contribution in [3.8, 4) is 0 Å². The van der Waals surface area contributed by atoms with Gasteiger partial charge in [-0.05, 0) is 24.5 Å². The fourth-order valence-electron chi connectivity index (χ4n) is 1.55. The lowest BCUT2D eigenvalue weighted by Crippen LogP contribution is -2.25. The summed E-state index contributed by atoms with van der Waals surface area (Å²) in [6.45, 7) is 1.93. The Hall–Kier alpha value is -0.660. The lowest BCUT2D eigenvalue weighted by atomic mass is 10.4. The molecule has 0 N–H and O–H groups in total. The first-order chi connectivity index (χ1) is 7.38. The molecule has 1 unspecified atom stereocenters. The summed E-state index contributed by atoms with van der Waals surface area (Å²) in [5.74, 6) is -0.224. The average molecular weight is 281 g/mol. The number of halogens is 1. The highest BCUT2D eigenvalue weighted by molar-refractivity contribution is 8.14. The molecule has 1 amide bonds. The molecule has 2 heterocycles. The summed E-state index contributed by atoms with van der Waals surface area (Å²) >= 11 is 1.18. The van der Waals surface area contributed by atoms with E-state index in [1.54, 1.807) is 6.07 Å². The van der Waals surface area contributed by atoms with E-state index >= 15 is 0 Å². The number of hydrogen-bond acceptors (Lipinski definition) is 5. The SMILES string of the molecule is Cc1cc(N2CC(S(=O)(=O)Cl)CC2=O)sn1. The molecule has 0 spiro atoms. The van der Waals surface area contributed by atoms with Crippen molar-refractivity contribution < 1.29 is 13.2 Å². The van der Waals surface area contributed by atoms with Crippen LogP contribution in [0.4, 0.5) is 5.00 Å². The van der Waals surface area contributed by atoms with E-state index in [-0.39, 0.29) is 18.9 Å². The quantitative estimate of drug-likeness (QED) is 0.762. The van der Waals surface area contributed by atoms with Gasteiger partial charge in [-0.2, -0.15) is 4.37 Å². The van der Waals surface area contributed by atoms with Crippen molar-refractivity contribution in [1.29, 1.82) is 0 Å². The number of rotatable bonds is 2. The van der Waals surface area contributed by atoms with E-state index in [0.29, 0.717) is 5.00 Å². The third kappa shape index (κ3) is 2.21. The maximum absolute atomic E-state index is 11.6. The maximum Gasteiger partial charge on any atom is 0.237 e. The van der Waals surface area contributed by atoms with Gasteiger partial charge in [-0.3, -0.25) is 4.79 Å². The topological polar surface area (TPSA) is 67.3 Å². The lowest BCUT2D eigenvalue weighted by Gasteiger charge is -2.12. The van der Waals surface area contributed by atoms with Gasteiger partial charge in [0.15, 0.2) is 0 Å². The first-order valence-electron chi connectivity index (χ1n) is 4.55. The van der Waals surface area contributed by atoms with Crippen LogP contribution in [0.5, 0.6) is 0 Å². The monoisotopic (exact) mass is 280 g/mol. The van der Waals surface area contributed by atoms with E-state index < -0.39 is 14.3 Å². The molecular weight excluding hydrogens is 272 g/mol. The van der Waals surface area contributed by atoms with Crippen molar-refractivity contribution in [2.75, 3.05) is 11.4 Å². The molecule has 0 radical (unpaired) electrons. The van der Waals surface area contributed by atoms with Gasteiger partial charge >= 0.3 is 0 Å². The number of carbonyl (C=O) groups excluding carboxylic acids is 1. The highest BCUT2D eigenvalue weighted by atomic mass is 35.7. The van der Waals surface area contributed by atoms with Crippen LogP contribution in [0.2, 0.25) is 0 Å². The molecular formula is C8H9ClN2O3S2. The van der Waals surface area contributed by atoms with Crippen LogP contribution in [0.25, 0.3) is 0 Å². The van der Waals surface area contributed by atoms with Crippen LogP contribution in [-0.2, 0) is 13.8 Å². The zero-order valence-electron chi connectivity index (χ0n) is 8.38. The van der Waals surface area contributed by atoms with E-state index in [0.717, 1.165) is 5.69 Å². The van der Waals surface area contributed by atoms with Crippen molar-refractivity contribution in [2.24, 2.45) is 0 Å². The minimum absolute atomic E-state index is 0.0528. The first kappa shape index (κ1) is 11.8. The summed E-state index contributed by atoms with van der Waals surface area (Å²) in [7, 11) is 1.57. The maximum atomic E-state index is 11.6. The van der Waals surface area contributed by atoms with Crippen molar-refractivity contribution in [3.63, 3.8) is 0 Å². The second-order valence-electron chi connectivity index (χ2n) is 3.61. The molecule has 1 aliphatic heterocycles. The molecule has 1 aromatic rings. The Kier molecular flexibility index (Phi) is 2.93. The summed E-state index contributed by atoms with van der Waals surface area (Å²) < 4.78 is 26.3. The molecule has 1 aromatic heterocycles. The molecule has 88 valence electrons. The highest BCUT2D eigenvalue weighted by Crippen LogP contribution is 2.29. The molecule has 1 saturated heterocycles. The molecule has 8 heteroatoms. The molecule has 0 bridgehead atoms. The molecule has 1 aliphatic rings. The highest BCUT2D eigenvalue weighted by Gasteiger charge is 2.38. The minimum Gasteiger partial charge on any atom is -0.301 e. The van der Waals surface area contributed by atoms with E-state index in [9.17, 15) is 13.2 Å². The Labute approximate surface area is 102 Å². The first-order valence-corrected chi connectivity index (χ1v) is 7.69. The van der Waals surface area contributed by atoms with Crippen LogP contribution in [0.15, 0.2) is 6.07 Å². The number of amides is 1. The Balaban J connectivity index is 2.24. The van der Waals surface area contributed by atoms with Crippen molar-refractivity contribution in [2.45, 2.75) is 18.6 Å². The van der Waals surface area contributed by atoms with Gasteiger partial charge in [-0.1, -0.05) is 0 Å². The molecule has 0 aliphatic carbocycles. The van der Waals surface area contributed by atoms with Crippen LogP contribution in [-0.4, -0.2) is 30.5 Å². The Morgan fingerprint density at radius 1 is 1.62 bits per heavy atom. The molecule has 16 heavy (non-hydrogen) atoms. The zero-order valence-corrected chi connectivity index (χ0v) is 10.8. The summed E-state index contributed by atoms with van der Waals surface area (Å²) in [5, 5.41) is -0.144. The van der Waals surface area contributed by atoms with Gasteiger partial charge in [0.2, 0.25) is 15.0 Å². The van der Waals surface area contributed by atoms with E-state index in [1.165, 1.54) is 16.4 Å². The van der Waals surface area contributed by atoms with Crippen molar-refractivity contribution in [3.05, 3.63) is 11.8 Å². The molecule has 0 aromatic carbocycles. The third-order valence-electron chi connectivity index (χ3n) is 2.37. The fraction of sp³-hybridized carbons (Fsp3) is 0.500. The third-order valence-corrected chi connectivity index (χ3v) is 5.14. The normalized spacial score (nSPS) is 21.8. The fourth-order valence-corrected chi connectivity index (χ4v) is 3.37. The molecule has 0 saturated carbocycles. The van der Waals surface area contributed by atoms with Crippen molar-refractivity contribution >= 4 is 42.2 Å². The average Bonchev–Trinajstić information content (AvgIpc) is 2.70. The van der Waals surface area contributed by atoms with Gasteiger partial charge in [0.25, 0.3) is 0 Å². The summed E-state index contributed by atoms with van der Waals surface area (Å²) in [5.41, 5.74) is 0.810. The minimum atomic E-state index is -3.68. The number of anilines is 1. The number of nitrogens with zero attached hydrogens (tertiary/aromatic N) is 2. The Morgan fingerprint density at radius 2 is 2.31 bits per heavy atom. The number of hydrogen-bond donors (Lipinski definition) is 0. The van der Waals surface area contributed by atoms with Crippen LogP contribution in [0.1, 0.15) is 12.1 Å². The Morgan fingerprint density at radius 3 is 2.75 bits per heavy atom. The Bertz CT molecular complexity index is 525. The largest absolute Gasteiger partial charge is 0.301 e. The van der Waals surface area contributed by atoms with E-state index in [4.69, 9.17) is 10.7 Å². The van der Waals surface area contributed by atoms with Crippen LogP contribution < -0.4 is 4.90 Å². The molecule has 5 nitrogen and oxygen atoms in total. The molecule has 1 atom stereocenters. The van der Waals surface area contributed by atoms with Crippen molar-refractivity contribution in [1.82, 2.24) is 4.37 Å². The van der Waals surface area contributed by atoms with Crippen LogP contribution >= 0.6 is 22.2 Å². The van der Waals surface area contributed by atoms with Gasteiger partial charge < -0.3 is 4.90 Å². The van der Waals surface area contributed by atoms with Gasteiger partial charge in [0, 0.05) is 23.6 Å². The molecule has 2 rings (SSSR count). The zero-order chi connectivity index (χ0) is 11.9. The second kappa shape index (κ2) is 3.97. The summed E-state index contributed by atoms with van der Waals surface area (Å²) in [4.78, 5) is 13.0. The summed E-state index contributed by atoms with van der Waals surface area (Å²) in [6, 6.07) is 1.76. The smallest absolute Gasteiger partial charge is 0.237 e. The number of carbonyl (C=O) groups is 1. The predicted octanol–water partition coefficient (Wildman–Crippen LogP) is 1.13.